The molecule has 12 amide bonds. The quantitative estimate of drug-likeness (QED) is 0.123. The number of allylic oxidation sites excluding steroid dienone is 2. The SMILES string of the molecule is C/C=C/C[C@@H](C)[C@@H](O)[C@H]1C(=O)N[C@@H](CCC)C(=O)N(C)[C@H](C)C(=O)N(C)[C@@H]([C@H](C)CCN2CCN3C(=O)OC[C@@H]3C2)C(=O)N[C@@H](C(C)C)C(=O)N(C)[C@@H](CC(C)C)C(=O)N[C@@H](C)C(=O)N[C@H](C)C(=O)N(C)[C@@H](CC(C)C)C(=O)N(C)[C@@H](CC(C)C)C(=O)N(C)[C@@H](C(C)C)C(=O)N1C. The van der Waals surface area contributed by atoms with Gasteiger partial charge in [-0.1, -0.05) is 109 Å². The van der Waals surface area contributed by atoms with Gasteiger partial charge in [-0.05, 0) is 114 Å². The van der Waals surface area contributed by atoms with E-state index in [1.807, 2.05) is 47.6 Å². The van der Waals surface area contributed by atoms with E-state index in [-0.39, 0.29) is 62.2 Å². The fourth-order valence-corrected chi connectivity index (χ4v) is 13.3. The van der Waals surface area contributed by atoms with Crippen LogP contribution in [0.3, 0.4) is 0 Å². The number of ether oxygens (including phenoxy) is 1. The predicted molar refractivity (Wildman–Crippen MR) is 370 cm³/mol. The Hall–Kier alpha value is -6.90. The third kappa shape index (κ3) is 22.0. The molecule has 0 aromatic carbocycles. The van der Waals surface area contributed by atoms with Crippen LogP contribution in [-0.4, -0.2) is 281 Å². The average molecular weight is 1370 g/mol. The van der Waals surface area contributed by atoms with Crippen LogP contribution in [0.15, 0.2) is 12.2 Å². The van der Waals surface area contributed by atoms with E-state index in [2.05, 4.69) is 26.2 Å². The fourth-order valence-electron chi connectivity index (χ4n) is 13.3. The van der Waals surface area contributed by atoms with Gasteiger partial charge in [0.05, 0.1) is 12.1 Å². The number of hydrogen-bond donors (Lipinski definition) is 5. The van der Waals surface area contributed by atoms with Crippen LogP contribution >= 0.6 is 0 Å². The number of aliphatic hydroxyl groups excluding tert-OH is 1. The molecule has 3 saturated heterocycles. The molecule has 0 aromatic rings. The zero-order chi connectivity index (χ0) is 74.1. The first-order valence-corrected chi connectivity index (χ1v) is 35.1. The molecule has 3 heterocycles. The zero-order valence-corrected chi connectivity index (χ0v) is 63.0. The normalized spacial score (nSPS) is 28.6. The van der Waals surface area contributed by atoms with Crippen molar-refractivity contribution in [2.24, 2.45) is 41.4 Å². The molecule has 0 aliphatic carbocycles. The molecule has 3 aliphatic rings. The van der Waals surface area contributed by atoms with E-state index in [1.165, 1.54) is 99.5 Å². The number of piperazine rings is 1. The van der Waals surface area contributed by atoms with E-state index in [0.29, 0.717) is 45.4 Å². The second kappa shape index (κ2) is 37.9. The van der Waals surface area contributed by atoms with E-state index >= 15 is 38.4 Å². The zero-order valence-electron chi connectivity index (χ0n) is 63.0. The van der Waals surface area contributed by atoms with Crippen molar-refractivity contribution in [3.05, 3.63) is 12.2 Å². The maximum Gasteiger partial charge on any atom is 0.410 e. The second-order valence-electron chi connectivity index (χ2n) is 29.6. The summed E-state index contributed by atoms with van der Waals surface area (Å²) in [5.41, 5.74) is 0. The van der Waals surface area contributed by atoms with Crippen LogP contribution in [0.5, 0.6) is 0 Å². The van der Waals surface area contributed by atoms with Crippen molar-refractivity contribution in [3.8, 4) is 0 Å². The van der Waals surface area contributed by atoms with E-state index in [9.17, 15) is 24.3 Å². The topological polar surface area (TPSA) is 312 Å². The van der Waals surface area contributed by atoms with Crippen LogP contribution < -0.4 is 21.3 Å². The van der Waals surface area contributed by atoms with E-state index in [4.69, 9.17) is 4.74 Å². The molecule has 0 spiro atoms. The third-order valence-corrected chi connectivity index (χ3v) is 19.6. The highest BCUT2D eigenvalue weighted by molar-refractivity contribution is 6.00. The van der Waals surface area contributed by atoms with E-state index in [0.717, 1.165) is 4.90 Å². The van der Waals surface area contributed by atoms with Crippen molar-refractivity contribution < 1.29 is 67.4 Å². The molecule has 3 fully saturated rings. The van der Waals surface area contributed by atoms with Crippen molar-refractivity contribution in [1.29, 1.82) is 0 Å². The van der Waals surface area contributed by atoms with Crippen LogP contribution in [-0.2, 0) is 57.5 Å². The summed E-state index contributed by atoms with van der Waals surface area (Å²) in [4.78, 5) is 189. The molecule has 552 valence electrons. The Morgan fingerprint density at radius 1 is 0.515 bits per heavy atom. The standard InChI is InChI=1S/C70H123N13O14/c1-25-27-29-45(14)58(84)57-62(88)73-50(28-26-2)65(91)75(18)48(17)64(90)80(23)56(44(13)30-31-82-32-33-83-49(37-82)38-97-70(83)96)61(87)74-54(42(9)10)68(94)76(19)51(34-39(3)4)60(86)71-46(15)59(85)72-47(16)63(89)77(20)52(35-40(5)6)66(92)78(21)53(36-41(7)8)67(93)79(22)55(43(11)12)69(95)81(57)24/h25,27,39-58,84H,26,28-38H2,1-24H3,(H,71,86)(H,72,85)(H,73,88)(H,74,87)/b27-25+/t44-,45-,46+,47-,48-,49+,50+,51+,52+,53+,54+,55+,56+,57+,58-/m1/s1. The minimum atomic E-state index is -1.65. The highest BCUT2D eigenvalue weighted by Gasteiger charge is 2.47. The minimum Gasteiger partial charge on any atom is -0.447 e. The second-order valence-corrected chi connectivity index (χ2v) is 29.6. The summed E-state index contributed by atoms with van der Waals surface area (Å²) in [5, 5.41) is 23.5. The van der Waals surface area contributed by atoms with Crippen LogP contribution in [0, 0.1) is 41.4 Å². The lowest BCUT2D eigenvalue weighted by Crippen LogP contribution is -2.64. The Bertz CT molecular complexity index is 2760. The molecular formula is C70H123N13O14. The fraction of sp³-hybridized carbons (Fsp3) is 0.800. The van der Waals surface area contributed by atoms with E-state index < -0.39 is 161 Å². The summed E-state index contributed by atoms with van der Waals surface area (Å²) in [6.45, 7) is 31.8. The number of hydrogen-bond acceptors (Lipinski definition) is 15. The highest BCUT2D eigenvalue weighted by atomic mass is 16.6. The monoisotopic (exact) mass is 1370 g/mol. The maximum atomic E-state index is 15.4. The summed E-state index contributed by atoms with van der Waals surface area (Å²) in [5.74, 6) is -10.5. The largest absolute Gasteiger partial charge is 0.447 e. The summed E-state index contributed by atoms with van der Waals surface area (Å²) in [6.07, 6.45) is 3.16. The van der Waals surface area contributed by atoms with E-state index in [1.54, 1.807) is 66.4 Å². The molecule has 0 aromatic heterocycles. The average Bonchev–Trinajstić information content (AvgIpc) is 1.58. The van der Waals surface area contributed by atoms with Gasteiger partial charge in [0, 0.05) is 69.0 Å². The number of carbonyl (C=O) groups is 12. The Morgan fingerprint density at radius 2 is 1.01 bits per heavy atom. The van der Waals surface area contributed by atoms with Gasteiger partial charge in [-0.2, -0.15) is 0 Å². The van der Waals surface area contributed by atoms with Crippen LogP contribution in [0.4, 0.5) is 4.79 Å². The Labute approximate surface area is 578 Å². The minimum absolute atomic E-state index is 0.0564. The lowest BCUT2D eigenvalue weighted by atomic mass is 9.91. The van der Waals surface area contributed by atoms with Gasteiger partial charge in [0.15, 0.2) is 0 Å². The number of aliphatic hydroxyl groups is 1. The molecule has 0 bridgehead atoms. The van der Waals surface area contributed by atoms with Crippen LogP contribution in [0.2, 0.25) is 0 Å². The van der Waals surface area contributed by atoms with Gasteiger partial charge in [0.25, 0.3) is 0 Å². The maximum absolute atomic E-state index is 15.4. The van der Waals surface area contributed by atoms with Gasteiger partial charge in [0.2, 0.25) is 65.0 Å². The third-order valence-electron chi connectivity index (χ3n) is 19.6. The molecule has 0 unspecified atom stereocenters. The molecule has 27 nitrogen and oxygen atoms in total. The van der Waals surface area contributed by atoms with Gasteiger partial charge in [0.1, 0.15) is 73.1 Å². The molecule has 3 aliphatic heterocycles. The van der Waals surface area contributed by atoms with Gasteiger partial charge < -0.3 is 65.4 Å². The number of fused-ring (bicyclic) bond motifs is 1. The number of amides is 12. The number of nitrogens with zero attached hydrogens (tertiary/aromatic N) is 9. The highest BCUT2D eigenvalue weighted by Crippen LogP contribution is 2.27. The van der Waals surface area contributed by atoms with Gasteiger partial charge >= 0.3 is 6.09 Å². The molecule has 27 heteroatoms. The number of carbonyl (C=O) groups excluding carboxylic acids is 12. The summed E-state index contributed by atoms with van der Waals surface area (Å²) < 4.78 is 5.31. The molecule has 3 rings (SSSR count). The number of rotatable bonds is 18. The summed E-state index contributed by atoms with van der Waals surface area (Å²) in [7, 11) is 9.98. The molecule has 97 heavy (non-hydrogen) atoms. The Morgan fingerprint density at radius 3 is 1.54 bits per heavy atom. The van der Waals surface area contributed by atoms with Crippen molar-refractivity contribution in [2.45, 2.75) is 241 Å². The number of likely N-dealkylation sites (N-methyl/N-ethyl adjacent to an activating group) is 7. The van der Waals surface area contributed by atoms with Gasteiger partial charge in [-0.25, -0.2) is 4.79 Å². The Kier molecular flexibility index (Phi) is 32.9. The van der Waals surface area contributed by atoms with Gasteiger partial charge in [-0.3, -0.25) is 62.5 Å². The molecule has 0 radical (unpaired) electrons. The first-order valence-electron chi connectivity index (χ1n) is 35.1. The lowest BCUT2D eigenvalue weighted by Gasteiger charge is -2.41. The lowest BCUT2D eigenvalue weighted by molar-refractivity contribution is -0.157. The van der Waals surface area contributed by atoms with Crippen LogP contribution in [0.1, 0.15) is 163 Å². The number of nitrogens with one attached hydrogen (secondary N) is 4. The van der Waals surface area contributed by atoms with Gasteiger partial charge in [-0.15, -0.1) is 0 Å². The smallest absolute Gasteiger partial charge is 0.410 e. The molecule has 0 saturated carbocycles. The first kappa shape index (κ1) is 84.3. The molecule has 15 atom stereocenters. The summed E-state index contributed by atoms with van der Waals surface area (Å²) in [6, 6.07) is -14.2. The number of cyclic esters (lactones) is 1. The van der Waals surface area contributed by atoms with Crippen molar-refractivity contribution >= 4 is 71.1 Å². The van der Waals surface area contributed by atoms with Crippen molar-refractivity contribution in [1.82, 2.24) is 65.4 Å². The Balaban J connectivity index is 2.35. The van der Waals surface area contributed by atoms with Crippen molar-refractivity contribution in [2.75, 3.05) is 82.1 Å². The molecule has 5 N–H and O–H groups in total. The molecular weight excluding hydrogens is 1250 g/mol. The van der Waals surface area contributed by atoms with Crippen molar-refractivity contribution in [3.63, 3.8) is 0 Å². The summed E-state index contributed by atoms with van der Waals surface area (Å²) >= 11 is 0. The first-order chi connectivity index (χ1) is 45.1. The van der Waals surface area contributed by atoms with Crippen LogP contribution in [0.25, 0.3) is 0 Å². The predicted octanol–water partition coefficient (Wildman–Crippen LogP) is 3.16.